The van der Waals surface area contributed by atoms with Crippen LogP contribution < -0.4 is 10.1 Å². The summed E-state index contributed by atoms with van der Waals surface area (Å²) in [7, 11) is 1.69. The Morgan fingerprint density at radius 2 is 2.04 bits per heavy atom. The summed E-state index contributed by atoms with van der Waals surface area (Å²) in [5.41, 5.74) is 1.08. The quantitative estimate of drug-likeness (QED) is 0.831. The van der Waals surface area contributed by atoms with Gasteiger partial charge in [0.2, 0.25) is 5.91 Å². The van der Waals surface area contributed by atoms with Crippen LogP contribution in [0.5, 0.6) is 5.75 Å². The molecule has 1 aliphatic heterocycles. The second-order valence-electron chi connectivity index (χ2n) is 6.14. The van der Waals surface area contributed by atoms with Gasteiger partial charge >= 0.3 is 0 Å². The smallest absolute Gasteiger partial charge is 0.240 e. The van der Waals surface area contributed by atoms with Crippen molar-refractivity contribution < 1.29 is 9.53 Å². The maximum Gasteiger partial charge on any atom is 0.240 e. The molecule has 5 heteroatoms. The van der Waals surface area contributed by atoms with Crippen LogP contribution in [0.4, 0.5) is 0 Å². The zero-order valence-electron chi connectivity index (χ0n) is 15.4. The molecule has 0 saturated carbocycles. The van der Waals surface area contributed by atoms with Crippen LogP contribution in [0, 0.1) is 0 Å². The van der Waals surface area contributed by atoms with E-state index >= 15 is 0 Å². The van der Waals surface area contributed by atoms with Gasteiger partial charge in [-0.1, -0.05) is 39.0 Å². The summed E-state index contributed by atoms with van der Waals surface area (Å²) >= 11 is 0. The van der Waals surface area contributed by atoms with Gasteiger partial charge in [-0.15, -0.1) is 0 Å². The number of piperazine rings is 1. The predicted octanol–water partition coefficient (Wildman–Crippen LogP) is 2.29. The summed E-state index contributed by atoms with van der Waals surface area (Å²) in [5, 5.41) is 3.42. The molecule has 1 aromatic carbocycles. The summed E-state index contributed by atoms with van der Waals surface area (Å²) in [6, 6.07) is 7.98. The first-order valence-corrected chi connectivity index (χ1v) is 9.05. The van der Waals surface area contributed by atoms with Crippen LogP contribution in [-0.2, 0) is 4.79 Å². The minimum atomic E-state index is -0.0460. The van der Waals surface area contributed by atoms with Crippen LogP contribution in [0.15, 0.2) is 24.3 Å². The third-order valence-electron chi connectivity index (χ3n) is 4.95. The minimum Gasteiger partial charge on any atom is -0.496 e. The number of methoxy groups -OCH3 is 1. The van der Waals surface area contributed by atoms with Crippen molar-refractivity contribution in [3.63, 3.8) is 0 Å². The topological polar surface area (TPSA) is 44.8 Å². The Balaban J connectivity index is 2.29. The van der Waals surface area contributed by atoms with Crippen LogP contribution in [0.2, 0.25) is 0 Å². The van der Waals surface area contributed by atoms with Gasteiger partial charge in [-0.3, -0.25) is 9.69 Å². The molecular formula is C19H31N3O2. The van der Waals surface area contributed by atoms with Crippen LogP contribution >= 0.6 is 0 Å². The number of ether oxygens (including phenoxy) is 1. The van der Waals surface area contributed by atoms with Crippen LogP contribution in [-0.4, -0.2) is 61.6 Å². The highest BCUT2D eigenvalue weighted by Gasteiger charge is 2.34. The van der Waals surface area contributed by atoms with Crippen molar-refractivity contribution in [1.29, 1.82) is 0 Å². The molecule has 5 nitrogen and oxygen atoms in total. The number of benzene rings is 1. The monoisotopic (exact) mass is 333 g/mol. The Morgan fingerprint density at radius 1 is 1.33 bits per heavy atom. The third kappa shape index (κ3) is 3.90. The van der Waals surface area contributed by atoms with Gasteiger partial charge in [-0.2, -0.15) is 0 Å². The molecule has 1 amide bonds. The number of rotatable bonds is 7. The fourth-order valence-corrected chi connectivity index (χ4v) is 3.63. The van der Waals surface area contributed by atoms with Crippen LogP contribution in [0.3, 0.4) is 0 Å². The van der Waals surface area contributed by atoms with E-state index in [0.29, 0.717) is 0 Å². The normalized spacial score (nSPS) is 19.4. The van der Waals surface area contributed by atoms with Gasteiger partial charge in [-0.05, 0) is 25.6 Å². The van der Waals surface area contributed by atoms with E-state index in [1.807, 2.05) is 23.1 Å². The lowest BCUT2D eigenvalue weighted by Gasteiger charge is -2.41. The number of nitrogens with zero attached hydrogens (tertiary/aromatic N) is 2. The second-order valence-corrected chi connectivity index (χ2v) is 6.14. The minimum absolute atomic E-state index is 0.0204. The molecule has 0 bridgehead atoms. The molecule has 0 aromatic heterocycles. The van der Waals surface area contributed by atoms with Gasteiger partial charge in [0.25, 0.3) is 0 Å². The van der Waals surface area contributed by atoms with Crippen molar-refractivity contribution in [1.82, 2.24) is 15.1 Å². The second kappa shape index (κ2) is 9.04. The van der Waals surface area contributed by atoms with Gasteiger partial charge < -0.3 is 15.0 Å². The highest BCUT2D eigenvalue weighted by atomic mass is 16.5. The summed E-state index contributed by atoms with van der Waals surface area (Å²) in [4.78, 5) is 17.6. The van der Waals surface area contributed by atoms with E-state index in [-0.39, 0.29) is 18.0 Å². The average molecular weight is 333 g/mol. The third-order valence-corrected chi connectivity index (χ3v) is 4.95. The molecule has 0 aliphatic carbocycles. The first kappa shape index (κ1) is 18.7. The highest BCUT2D eigenvalue weighted by Crippen LogP contribution is 2.31. The summed E-state index contributed by atoms with van der Waals surface area (Å²) in [6.45, 7) is 10.5. The Kier molecular flexibility index (Phi) is 7.06. The van der Waals surface area contributed by atoms with Crippen molar-refractivity contribution in [2.75, 3.05) is 39.8 Å². The molecule has 24 heavy (non-hydrogen) atoms. The van der Waals surface area contributed by atoms with Gasteiger partial charge in [0, 0.05) is 25.2 Å². The first-order chi connectivity index (χ1) is 11.7. The van der Waals surface area contributed by atoms with Gasteiger partial charge in [0.15, 0.2) is 0 Å². The van der Waals surface area contributed by atoms with Gasteiger partial charge in [-0.25, -0.2) is 0 Å². The number of amides is 1. The molecule has 1 aromatic rings. The van der Waals surface area contributed by atoms with Crippen molar-refractivity contribution in [3.8, 4) is 5.75 Å². The molecule has 2 atom stereocenters. The number of hydrogen-bond acceptors (Lipinski definition) is 4. The molecule has 1 fully saturated rings. The molecule has 134 valence electrons. The Morgan fingerprint density at radius 3 is 2.67 bits per heavy atom. The van der Waals surface area contributed by atoms with Gasteiger partial charge in [0.1, 0.15) is 5.75 Å². The fraction of sp³-hybridized carbons (Fsp3) is 0.632. The lowest BCUT2D eigenvalue weighted by Crippen LogP contribution is -2.55. The van der Waals surface area contributed by atoms with E-state index in [1.165, 1.54) is 0 Å². The Bertz CT molecular complexity index is 531. The first-order valence-electron chi connectivity index (χ1n) is 9.05. The number of hydrogen-bond donors (Lipinski definition) is 1. The number of likely N-dealkylation sites (N-methyl/N-ethyl adjacent to an activating group) is 1. The average Bonchev–Trinajstić information content (AvgIpc) is 2.65. The number of para-hydroxylation sites is 1. The molecular weight excluding hydrogens is 302 g/mol. The van der Waals surface area contributed by atoms with E-state index in [4.69, 9.17) is 4.74 Å². The van der Waals surface area contributed by atoms with Crippen molar-refractivity contribution in [2.45, 2.75) is 39.3 Å². The van der Waals surface area contributed by atoms with E-state index in [0.717, 1.165) is 50.5 Å². The summed E-state index contributed by atoms with van der Waals surface area (Å²) in [6.07, 6.45) is 0.836. The van der Waals surface area contributed by atoms with Crippen LogP contribution in [0.1, 0.15) is 38.8 Å². The number of carbonyl (C=O) groups is 1. The molecule has 1 aliphatic rings. The number of nitrogens with one attached hydrogen (secondary N) is 1. The molecule has 2 unspecified atom stereocenters. The SMILES string of the molecule is CCC(C(=O)N1CCNCC1c1ccccc1OC)N(CC)CC. The lowest BCUT2D eigenvalue weighted by atomic mass is 10.00. The van der Waals surface area contributed by atoms with Crippen molar-refractivity contribution >= 4 is 5.91 Å². The Hall–Kier alpha value is -1.59. The molecule has 1 N–H and O–H groups in total. The largest absolute Gasteiger partial charge is 0.496 e. The van der Waals surface area contributed by atoms with E-state index in [1.54, 1.807) is 7.11 Å². The van der Waals surface area contributed by atoms with E-state index in [2.05, 4.69) is 37.1 Å². The van der Waals surface area contributed by atoms with E-state index in [9.17, 15) is 4.79 Å². The summed E-state index contributed by atoms with van der Waals surface area (Å²) < 4.78 is 5.53. The zero-order valence-corrected chi connectivity index (χ0v) is 15.4. The molecule has 1 saturated heterocycles. The fourth-order valence-electron chi connectivity index (χ4n) is 3.63. The van der Waals surface area contributed by atoms with Crippen molar-refractivity contribution in [3.05, 3.63) is 29.8 Å². The maximum absolute atomic E-state index is 13.3. The standard InChI is InChI=1S/C19H31N3O2/c1-5-16(21(6-2)7-3)19(23)22-13-12-20-14-17(22)15-10-8-9-11-18(15)24-4/h8-11,16-17,20H,5-7,12-14H2,1-4H3. The van der Waals surface area contributed by atoms with Crippen LogP contribution in [0.25, 0.3) is 0 Å². The van der Waals surface area contributed by atoms with Gasteiger partial charge in [0.05, 0.1) is 19.2 Å². The lowest BCUT2D eigenvalue weighted by molar-refractivity contribution is -0.140. The summed E-state index contributed by atoms with van der Waals surface area (Å²) in [5.74, 6) is 1.08. The zero-order chi connectivity index (χ0) is 17.5. The molecule has 0 radical (unpaired) electrons. The predicted molar refractivity (Wildman–Crippen MR) is 97.3 cm³/mol. The molecule has 0 spiro atoms. The maximum atomic E-state index is 13.3. The molecule has 2 rings (SSSR count). The number of carbonyl (C=O) groups excluding carboxylic acids is 1. The van der Waals surface area contributed by atoms with E-state index < -0.39 is 0 Å². The Labute approximate surface area is 146 Å². The highest BCUT2D eigenvalue weighted by molar-refractivity contribution is 5.82. The van der Waals surface area contributed by atoms with Crippen molar-refractivity contribution in [2.24, 2.45) is 0 Å². The molecule has 1 heterocycles.